The fraction of sp³-hybridized carbons (Fsp3) is 0.138. The van der Waals surface area contributed by atoms with Crippen molar-refractivity contribution in [2.24, 2.45) is 0 Å². The van der Waals surface area contributed by atoms with Crippen molar-refractivity contribution in [1.82, 2.24) is 0 Å². The molecule has 3 nitrogen and oxygen atoms in total. The first-order chi connectivity index (χ1) is 15.4. The average Bonchev–Trinajstić information content (AvgIpc) is 2.81. The Labute approximate surface area is 190 Å². The SMILES string of the molecule is CN(C)c1ccc(C(=C/C=C2\C(=O)C=Cc3ccccc32)c2ccc(N(C)C)cc2)cc1. The van der Waals surface area contributed by atoms with Gasteiger partial charge in [-0.15, -0.1) is 0 Å². The monoisotopic (exact) mass is 420 g/mol. The molecule has 0 saturated carbocycles. The molecule has 160 valence electrons. The van der Waals surface area contributed by atoms with Gasteiger partial charge in [0.25, 0.3) is 0 Å². The van der Waals surface area contributed by atoms with Crippen molar-refractivity contribution in [3.63, 3.8) is 0 Å². The molecule has 3 heteroatoms. The van der Waals surface area contributed by atoms with Gasteiger partial charge in [0.1, 0.15) is 0 Å². The molecule has 0 atom stereocenters. The highest BCUT2D eigenvalue weighted by Crippen LogP contribution is 2.30. The molecule has 0 spiro atoms. The number of allylic oxidation sites excluding steroid dienone is 4. The van der Waals surface area contributed by atoms with Crippen molar-refractivity contribution < 1.29 is 4.79 Å². The zero-order valence-corrected chi connectivity index (χ0v) is 19.0. The Bertz CT molecular complexity index is 1160. The van der Waals surface area contributed by atoms with Crippen molar-refractivity contribution >= 4 is 34.4 Å². The van der Waals surface area contributed by atoms with Crippen LogP contribution in [0, 0.1) is 0 Å². The fourth-order valence-electron chi connectivity index (χ4n) is 3.85. The highest BCUT2D eigenvalue weighted by Gasteiger charge is 2.16. The highest BCUT2D eigenvalue weighted by molar-refractivity contribution is 6.30. The maximum Gasteiger partial charge on any atom is 0.186 e. The van der Waals surface area contributed by atoms with Crippen LogP contribution in [0.25, 0.3) is 17.2 Å². The lowest BCUT2D eigenvalue weighted by atomic mass is 9.90. The quantitative estimate of drug-likeness (QED) is 0.478. The number of carbonyl (C=O) groups excluding carboxylic acids is 1. The third kappa shape index (κ3) is 4.42. The van der Waals surface area contributed by atoms with Crippen LogP contribution in [0.2, 0.25) is 0 Å². The third-order valence-corrected chi connectivity index (χ3v) is 5.74. The summed E-state index contributed by atoms with van der Waals surface area (Å²) in [6.07, 6.45) is 7.57. The van der Waals surface area contributed by atoms with E-state index in [-0.39, 0.29) is 5.78 Å². The van der Waals surface area contributed by atoms with Crippen LogP contribution < -0.4 is 9.80 Å². The summed E-state index contributed by atoms with van der Waals surface area (Å²) in [5.41, 5.74) is 8.35. The summed E-state index contributed by atoms with van der Waals surface area (Å²) < 4.78 is 0. The minimum absolute atomic E-state index is 0.0326. The molecule has 0 N–H and O–H groups in total. The lowest BCUT2D eigenvalue weighted by Crippen LogP contribution is -2.08. The molecule has 0 fully saturated rings. The van der Waals surface area contributed by atoms with E-state index in [0.717, 1.165) is 44.8 Å². The topological polar surface area (TPSA) is 23.6 Å². The predicted molar refractivity (Wildman–Crippen MR) is 137 cm³/mol. The van der Waals surface area contributed by atoms with Gasteiger partial charge in [0.15, 0.2) is 5.78 Å². The second-order valence-electron chi connectivity index (χ2n) is 8.33. The van der Waals surface area contributed by atoms with Gasteiger partial charge in [-0.2, -0.15) is 0 Å². The Morgan fingerprint density at radius 2 is 1.22 bits per heavy atom. The van der Waals surface area contributed by atoms with E-state index in [2.05, 4.69) is 64.4 Å². The Morgan fingerprint density at radius 1 is 0.688 bits per heavy atom. The molecular formula is C29H28N2O. The molecular weight excluding hydrogens is 392 g/mol. The Balaban J connectivity index is 1.82. The Morgan fingerprint density at radius 3 is 1.75 bits per heavy atom. The summed E-state index contributed by atoms with van der Waals surface area (Å²) >= 11 is 0. The first kappa shape index (κ1) is 21.4. The first-order valence-electron chi connectivity index (χ1n) is 10.7. The van der Waals surface area contributed by atoms with Gasteiger partial charge in [0, 0.05) is 45.1 Å². The minimum atomic E-state index is 0.0326. The van der Waals surface area contributed by atoms with Gasteiger partial charge in [0.05, 0.1) is 0 Å². The zero-order chi connectivity index (χ0) is 22.7. The molecule has 0 heterocycles. The summed E-state index contributed by atoms with van der Waals surface area (Å²) in [4.78, 5) is 16.9. The molecule has 0 saturated heterocycles. The van der Waals surface area contributed by atoms with E-state index in [4.69, 9.17) is 0 Å². The van der Waals surface area contributed by atoms with Crippen molar-refractivity contribution in [2.45, 2.75) is 0 Å². The molecule has 0 amide bonds. The molecule has 0 aromatic heterocycles. The lowest BCUT2D eigenvalue weighted by molar-refractivity contribution is -0.109. The van der Waals surface area contributed by atoms with E-state index in [9.17, 15) is 4.79 Å². The molecule has 0 radical (unpaired) electrons. The zero-order valence-electron chi connectivity index (χ0n) is 19.0. The summed E-state index contributed by atoms with van der Waals surface area (Å²) in [5, 5.41) is 0. The van der Waals surface area contributed by atoms with E-state index in [0.29, 0.717) is 0 Å². The normalized spacial score (nSPS) is 13.6. The maximum atomic E-state index is 12.7. The van der Waals surface area contributed by atoms with Crippen LogP contribution in [-0.2, 0) is 4.79 Å². The predicted octanol–water partition coefficient (Wildman–Crippen LogP) is 5.93. The van der Waals surface area contributed by atoms with Gasteiger partial charge in [-0.3, -0.25) is 4.79 Å². The Hall–Kier alpha value is -3.85. The van der Waals surface area contributed by atoms with Crippen LogP contribution in [0.3, 0.4) is 0 Å². The molecule has 0 unspecified atom stereocenters. The number of fused-ring (bicyclic) bond motifs is 1. The number of carbonyl (C=O) groups is 1. The summed E-state index contributed by atoms with van der Waals surface area (Å²) in [6, 6.07) is 25.0. The van der Waals surface area contributed by atoms with Crippen LogP contribution in [0.1, 0.15) is 22.3 Å². The number of nitrogens with zero attached hydrogens (tertiary/aromatic N) is 2. The molecule has 1 aliphatic rings. The number of hydrogen-bond acceptors (Lipinski definition) is 3. The molecule has 0 bridgehead atoms. The van der Waals surface area contributed by atoms with Gasteiger partial charge >= 0.3 is 0 Å². The van der Waals surface area contributed by atoms with E-state index in [1.54, 1.807) is 6.08 Å². The van der Waals surface area contributed by atoms with Crippen molar-refractivity contribution in [1.29, 1.82) is 0 Å². The standard InChI is InChI=1S/C29H28N2O/c1-30(2)24-14-9-22(10-15-24)26(23-11-16-25(17-12-23)31(3)4)18-19-28-27-8-6-5-7-21(27)13-20-29(28)32/h5-20H,1-4H3/b28-19-. The van der Waals surface area contributed by atoms with Gasteiger partial charge in [-0.1, -0.05) is 60.7 Å². The third-order valence-electron chi connectivity index (χ3n) is 5.74. The van der Waals surface area contributed by atoms with Gasteiger partial charge in [0.2, 0.25) is 0 Å². The smallest absolute Gasteiger partial charge is 0.186 e. The van der Waals surface area contributed by atoms with Gasteiger partial charge in [-0.05, 0) is 64.2 Å². The Kier molecular flexibility index (Phi) is 6.09. The van der Waals surface area contributed by atoms with Gasteiger partial charge < -0.3 is 9.80 Å². The summed E-state index contributed by atoms with van der Waals surface area (Å²) in [5.74, 6) is 0.0326. The molecule has 3 aromatic rings. The van der Waals surface area contributed by atoms with Crippen molar-refractivity contribution in [3.8, 4) is 0 Å². The van der Waals surface area contributed by atoms with Crippen molar-refractivity contribution in [3.05, 3.63) is 113 Å². The van der Waals surface area contributed by atoms with E-state index in [1.165, 1.54) is 0 Å². The van der Waals surface area contributed by atoms with Crippen LogP contribution in [0.4, 0.5) is 11.4 Å². The van der Waals surface area contributed by atoms with Crippen LogP contribution in [0.15, 0.2) is 91.0 Å². The molecule has 0 aliphatic heterocycles. The lowest BCUT2D eigenvalue weighted by Gasteiger charge is -2.16. The second-order valence-corrected chi connectivity index (χ2v) is 8.33. The summed E-state index contributed by atoms with van der Waals surface area (Å²) in [6.45, 7) is 0. The van der Waals surface area contributed by atoms with Crippen LogP contribution >= 0.6 is 0 Å². The fourth-order valence-corrected chi connectivity index (χ4v) is 3.85. The van der Waals surface area contributed by atoms with Gasteiger partial charge in [-0.25, -0.2) is 0 Å². The largest absolute Gasteiger partial charge is 0.378 e. The highest BCUT2D eigenvalue weighted by atomic mass is 16.1. The van der Waals surface area contributed by atoms with Crippen LogP contribution in [0.5, 0.6) is 0 Å². The number of anilines is 2. The van der Waals surface area contributed by atoms with E-state index < -0.39 is 0 Å². The average molecular weight is 421 g/mol. The molecule has 3 aromatic carbocycles. The minimum Gasteiger partial charge on any atom is -0.378 e. The van der Waals surface area contributed by atoms with Crippen LogP contribution in [-0.4, -0.2) is 34.0 Å². The second kappa shape index (κ2) is 9.11. The molecule has 4 rings (SSSR count). The summed E-state index contributed by atoms with van der Waals surface area (Å²) in [7, 11) is 8.15. The number of rotatable bonds is 5. The first-order valence-corrected chi connectivity index (χ1v) is 10.7. The van der Waals surface area contributed by atoms with Crippen molar-refractivity contribution in [2.75, 3.05) is 38.0 Å². The van der Waals surface area contributed by atoms with E-state index in [1.807, 2.05) is 64.6 Å². The maximum absolute atomic E-state index is 12.7. The molecule has 32 heavy (non-hydrogen) atoms. The number of hydrogen-bond donors (Lipinski definition) is 0. The number of ketones is 1. The number of benzene rings is 3. The van der Waals surface area contributed by atoms with E-state index >= 15 is 0 Å². The molecule has 1 aliphatic carbocycles.